The minimum atomic E-state index is 0.0473. The van der Waals surface area contributed by atoms with Gasteiger partial charge in [-0.05, 0) is 36.3 Å². The Morgan fingerprint density at radius 2 is 1.81 bits per heavy atom. The van der Waals surface area contributed by atoms with Crippen LogP contribution in [0.15, 0.2) is 48.5 Å². The van der Waals surface area contributed by atoms with Crippen LogP contribution in [-0.4, -0.2) is 17.6 Å². The van der Waals surface area contributed by atoms with Gasteiger partial charge in [0, 0.05) is 17.7 Å². The molecule has 1 heterocycles. The summed E-state index contributed by atoms with van der Waals surface area (Å²) in [5, 5.41) is 9.34. The van der Waals surface area contributed by atoms with Crippen molar-refractivity contribution in [2.45, 2.75) is 13.3 Å². The van der Waals surface area contributed by atoms with Crippen molar-refractivity contribution in [2.75, 3.05) is 11.4 Å². The average Bonchev–Trinajstić information content (AvgIpc) is 2.76. The third kappa shape index (κ3) is 2.42. The summed E-state index contributed by atoms with van der Waals surface area (Å²) in [6, 6.07) is 14.7. The molecule has 1 aliphatic heterocycles. The maximum atomic E-state index is 12.6. The Balaban J connectivity index is 2.06. The molecule has 21 heavy (non-hydrogen) atoms. The molecule has 0 saturated carbocycles. The van der Waals surface area contributed by atoms with Gasteiger partial charge in [0.2, 0.25) is 0 Å². The molecule has 2 aromatic carbocycles. The van der Waals surface area contributed by atoms with Crippen molar-refractivity contribution in [1.82, 2.24) is 0 Å². The van der Waals surface area contributed by atoms with Gasteiger partial charge in [-0.1, -0.05) is 37.3 Å². The molecule has 3 heteroatoms. The van der Waals surface area contributed by atoms with Crippen molar-refractivity contribution in [3.63, 3.8) is 0 Å². The van der Waals surface area contributed by atoms with Gasteiger partial charge in [0.05, 0.1) is 5.69 Å². The molecule has 106 valence electrons. The standard InChI is InChI=1S/C18H17NO2/c1-2-11-19-17-6-4-3-5-15(17)16(18(19)21)12-13-7-9-14(20)10-8-13/h3-10,12,20H,2,11H2,1H3/b16-12-. The number of rotatable bonds is 3. The van der Waals surface area contributed by atoms with Crippen molar-refractivity contribution in [3.05, 3.63) is 59.7 Å². The molecular formula is C18H17NO2. The Hall–Kier alpha value is -2.55. The summed E-state index contributed by atoms with van der Waals surface area (Å²) in [7, 11) is 0. The summed E-state index contributed by atoms with van der Waals surface area (Å²) in [5.41, 5.74) is 3.58. The van der Waals surface area contributed by atoms with Crippen LogP contribution in [0, 0.1) is 0 Å². The summed E-state index contributed by atoms with van der Waals surface area (Å²) in [6.07, 6.45) is 2.81. The van der Waals surface area contributed by atoms with Crippen LogP contribution in [0.3, 0.4) is 0 Å². The number of amides is 1. The second kappa shape index (κ2) is 5.44. The molecule has 1 N–H and O–H groups in total. The van der Waals surface area contributed by atoms with E-state index >= 15 is 0 Å². The molecule has 0 fully saturated rings. The Bertz CT molecular complexity index is 701. The first kappa shape index (κ1) is 13.4. The second-order valence-corrected chi connectivity index (χ2v) is 5.12. The van der Waals surface area contributed by atoms with E-state index in [2.05, 4.69) is 6.92 Å². The summed E-state index contributed by atoms with van der Waals surface area (Å²) >= 11 is 0. The number of nitrogens with zero attached hydrogens (tertiary/aromatic N) is 1. The highest BCUT2D eigenvalue weighted by Gasteiger charge is 2.31. The number of phenolic OH excluding ortho intramolecular Hbond substituents is 1. The van der Waals surface area contributed by atoms with Crippen LogP contribution in [-0.2, 0) is 4.79 Å². The molecule has 0 aliphatic carbocycles. The number of aromatic hydroxyl groups is 1. The molecule has 2 aromatic rings. The Morgan fingerprint density at radius 1 is 1.10 bits per heavy atom. The normalized spacial score (nSPS) is 15.6. The van der Waals surface area contributed by atoms with Gasteiger partial charge in [-0.15, -0.1) is 0 Å². The fourth-order valence-electron chi connectivity index (χ4n) is 2.63. The van der Waals surface area contributed by atoms with E-state index in [-0.39, 0.29) is 11.7 Å². The van der Waals surface area contributed by atoms with Gasteiger partial charge < -0.3 is 10.0 Å². The van der Waals surface area contributed by atoms with Crippen LogP contribution in [0.5, 0.6) is 5.75 Å². The molecule has 0 bridgehead atoms. The molecule has 3 rings (SSSR count). The number of carbonyl (C=O) groups is 1. The first-order valence-electron chi connectivity index (χ1n) is 7.12. The predicted molar refractivity (Wildman–Crippen MR) is 85.1 cm³/mol. The summed E-state index contributed by atoms with van der Waals surface area (Å²) in [6.45, 7) is 2.79. The smallest absolute Gasteiger partial charge is 0.258 e. The molecule has 0 saturated heterocycles. The molecule has 0 aromatic heterocycles. The molecule has 3 nitrogen and oxygen atoms in total. The van der Waals surface area contributed by atoms with E-state index in [0.717, 1.165) is 29.8 Å². The Labute approximate surface area is 124 Å². The molecule has 0 atom stereocenters. The van der Waals surface area contributed by atoms with E-state index in [0.29, 0.717) is 5.57 Å². The highest BCUT2D eigenvalue weighted by atomic mass is 16.3. The van der Waals surface area contributed by atoms with Crippen LogP contribution in [0.1, 0.15) is 24.5 Å². The summed E-state index contributed by atoms with van der Waals surface area (Å²) < 4.78 is 0. The fraction of sp³-hybridized carbons (Fsp3) is 0.167. The molecular weight excluding hydrogens is 262 g/mol. The van der Waals surface area contributed by atoms with E-state index in [9.17, 15) is 9.90 Å². The maximum Gasteiger partial charge on any atom is 0.258 e. The monoisotopic (exact) mass is 279 g/mol. The van der Waals surface area contributed by atoms with Gasteiger partial charge in [-0.2, -0.15) is 0 Å². The van der Waals surface area contributed by atoms with Crippen LogP contribution in [0.25, 0.3) is 11.6 Å². The van der Waals surface area contributed by atoms with Crippen molar-refractivity contribution in [1.29, 1.82) is 0 Å². The van der Waals surface area contributed by atoms with E-state index < -0.39 is 0 Å². The zero-order valence-corrected chi connectivity index (χ0v) is 11.9. The van der Waals surface area contributed by atoms with Gasteiger partial charge in [-0.25, -0.2) is 0 Å². The van der Waals surface area contributed by atoms with Crippen LogP contribution >= 0.6 is 0 Å². The third-order valence-corrected chi connectivity index (χ3v) is 3.61. The van der Waals surface area contributed by atoms with E-state index in [4.69, 9.17) is 0 Å². The first-order chi connectivity index (χ1) is 10.2. The number of para-hydroxylation sites is 1. The molecule has 1 aliphatic rings. The highest BCUT2D eigenvalue weighted by Crippen LogP contribution is 2.37. The zero-order chi connectivity index (χ0) is 14.8. The first-order valence-corrected chi connectivity index (χ1v) is 7.12. The SMILES string of the molecule is CCCN1C(=O)/C(=C\c2ccc(O)cc2)c2ccccc21. The van der Waals surface area contributed by atoms with Gasteiger partial charge >= 0.3 is 0 Å². The number of carbonyl (C=O) groups excluding carboxylic acids is 1. The van der Waals surface area contributed by atoms with E-state index in [1.165, 1.54) is 0 Å². The third-order valence-electron chi connectivity index (χ3n) is 3.61. The fourth-order valence-corrected chi connectivity index (χ4v) is 2.63. The second-order valence-electron chi connectivity index (χ2n) is 5.12. The average molecular weight is 279 g/mol. The van der Waals surface area contributed by atoms with Crippen LogP contribution < -0.4 is 4.90 Å². The summed E-state index contributed by atoms with van der Waals surface area (Å²) in [4.78, 5) is 14.5. The largest absolute Gasteiger partial charge is 0.508 e. The maximum absolute atomic E-state index is 12.6. The topological polar surface area (TPSA) is 40.5 Å². The number of fused-ring (bicyclic) bond motifs is 1. The number of hydrogen-bond donors (Lipinski definition) is 1. The van der Waals surface area contributed by atoms with Crippen molar-refractivity contribution in [3.8, 4) is 5.75 Å². The Morgan fingerprint density at radius 3 is 2.52 bits per heavy atom. The molecule has 0 spiro atoms. The van der Waals surface area contributed by atoms with Crippen molar-refractivity contribution < 1.29 is 9.90 Å². The van der Waals surface area contributed by atoms with Gasteiger partial charge in [0.1, 0.15) is 5.75 Å². The van der Waals surface area contributed by atoms with Crippen molar-refractivity contribution >= 4 is 23.2 Å². The minimum absolute atomic E-state index is 0.0473. The zero-order valence-electron chi connectivity index (χ0n) is 11.9. The molecule has 0 radical (unpaired) electrons. The van der Waals surface area contributed by atoms with Crippen LogP contribution in [0.2, 0.25) is 0 Å². The number of hydrogen-bond acceptors (Lipinski definition) is 2. The van der Waals surface area contributed by atoms with Crippen LogP contribution in [0.4, 0.5) is 5.69 Å². The van der Waals surface area contributed by atoms with Crippen molar-refractivity contribution in [2.24, 2.45) is 0 Å². The minimum Gasteiger partial charge on any atom is -0.508 e. The molecule has 1 amide bonds. The van der Waals surface area contributed by atoms with Gasteiger partial charge in [0.15, 0.2) is 0 Å². The van der Waals surface area contributed by atoms with E-state index in [1.54, 1.807) is 24.3 Å². The van der Waals surface area contributed by atoms with Gasteiger partial charge in [0.25, 0.3) is 5.91 Å². The Kier molecular flexibility index (Phi) is 3.48. The summed E-state index contributed by atoms with van der Waals surface area (Å²) in [5.74, 6) is 0.272. The predicted octanol–water partition coefficient (Wildman–Crippen LogP) is 3.69. The quantitative estimate of drug-likeness (QED) is 0.870. The number of phenols is 1. The lowest BCUT2D eigenvalue weighted by Crippen LogP contribution is -2.26. The van der Waals surface area contributed by atoms with Gasteiger partial charge in [-0.3, -0.25) is 4.79 Å². The number of benzene rings is 2. The highest BCUT2D eigenvalue weighted by molar-refractivity contribution is 6.35. The molecule has 0 unspecified atom stereocenters. The number of anilines is 1. The lowest BCUT2D eigenvalue weighted by Gasteiger charge is -2.15. The van der Waals surface area contributed by atoms with E-state index in [1.807, 2.05) is 35.2 Å². The lowest BCUT2D eigenvalue weighted by molar-refractivity contribution is -0.113. The lowest BCUT2D eigenvalue weighted by atomic mass is 10.0.